The molecule has 174 valence electrons. The first kappa shape index (κ1) is 20.9. The predicted molar refractivity (Wildman–Crippen MR) is 122 cm³/mol. The molecule has 1 unspecified atom stereocenters. The van der Waals surface area contributed by atoms with E-state index < -0.39 is 11.9 Å². The Labute approximate surface area is 198 Å². The van der Waals surface area contributed by atoms with E-state index in [9.17, 15) is 14.4 Å². The number of hydrogen-bond acceptors (Lipinski definition) is 8. The maximum Gasteiger partial charge on any atom is 0.255 e. The molecule has 3 amide bonds. The highest BCUT2D eigenvalue weighted by molar-refractivity contribution is 6.05. The molecule has 2 aliphatic heterocycles. The SMILES string of the molecule is COc1cc2cnc(-c3cn(-c4ccc5c(c4)CN(C4CCC(=O)NC4=O)C5=O)nn3)cc2cn1. The molecule has 6 rings (SSSR count). The van der Waals surface area contributed by atoms with Crippen molar-refractivity contribution >= 4 is 28.5 Å². The molecule has 0 bridgehead atoms. The lowest BCUT2D eigenvalue weighted by Gasteiger charge is -2.29. The molecule has 0 spiro atoms. The fraction of sp³-hybridized carbons (Fsp3) is 0.208. The van der Waals surface area contributed by atoms with E-state index in [1.54, 1.807) is 42.5 Å². The number of amides is 3. The van der Waals surface area contributed by atoms with Crippen LogP contribution in [0.5, 0.6) is 5.88 Å². The highest BCUT2D eigenvalue weighted by atomic mass is 16.5. The Balaban J connectivity index is 1.26. The molecule has 1 N–H and O–H groups in total. The Morgan fingerprint density at radius 1 is 1.03 bits per heavy atom. The van der Waals surface area contributed by atoms with Crippen LogP contribution < -0.4 is 10.1 Å². The first-order chi connectivity index (χ1) is 17.0. The van der Waals surface area contributed by atoms with Crippen molar-refractivity contribution in [3.05, 3.63) is 60.0 Å². The molecular weight excluding hydrogens is 450 g/mol. The fourth-order valence-electron chi connectivity index (χ4n) is 4.48. The molecule has 11 nitrogen and oxygen atoms in total. The summed E-state index contributed by atoms with van der Waals surface area (Å²) in [6.45, 7) is 0.290. The standard InChI is InChI=1S/C24H19N7O4/c1-35-22-8-14-9-25-18(7-13(14)10-26-22)19-12-31(29-28-19)16-2-3-17-15(6-16)11-30(24(17)34)20-4-5-21(32)27-23(20)33/h2-3,6-10,12,20H,4-5,11H2,1H3,(H,27,32,33). The van der Waals surface area contributed by atoms with E-state index in [1.807, 2.05) is 18.2 Å². The lowest BCUT2D eigenvalue weighted by molar-refractivity contribution is -0.136. The summed E-state index contributed by atoms with van der Waals surface area (Å²) >= 11 is 0. The van der Waals surface area contributed by atoms with Crippen molar-refractivity contribution in [1.82, 2.24) is 35.2 Å². The summed E-state index contributed by atoms with van der Waals surface area (Å²) in [5, 5.41) is 12.6. The Morgan fingerprint density at radius 2 is 1.86 bits per heavy atom. The van der Waals surface area contributed by atoms with Gasteiger partial charge in [-0.15, -0.1) is 5.10 Å². The summed E-state index contributed by atoms with van der Waals surface area (Å²) < 4.78 is 6.77. The minimum atomic E-state index is -0.651. The number of nitrogens with zero attached hydrogens (tertiary/aromatic N) is 6. The van der Waals surface area contributed by atoms with Crippen molar-refractivity contribution in [2.45, 2.75) is 25.4 Å². The molecule has 3 aromatic heterocycles. The van der Waals surface area contributed by atoms with Crippen molar-refractivity contribution in [3.8, 4) is 23.0 Å². The van der Waals surface area contributed by atoms with Gasteiger partial charge in [-0.25, -0.2) is 9.67 Å². The molecule has 0 radical (unpaired) electrons. The molecular formula is C24H19N7O4. The normalized spacial score (nSPS) is 17.6. The zero-order valence-corrected chi connectivity index (χ0v) is 18.6. The maximum absolute atomic E-state index is 12.9. The van der Waals surface area contributed by atoms with E-state index in [0.717, 1.165) is 22.0 Å². The summed E-state index contributed by atoms with van der Waals surface area (Å²) in [5.74, 6) is -0.438. The van der Waals surface area contributed by atoms with Crippen LogP contribution in [0.3, 0.4) is 0 Å². The van der Waals surface area contributed by atoms with E-state index in [2.05, 4.69) is 25.6 Å². The van der Waals surface area contributed by atoms with E-state index in [-0.39, 0.29) is 18.2 Å². The van der Waals surface area contributed by atoms with Crippen LogP contribution in [0.2, 0.25) is 0 Å². The van der Waals surface area contributed by atoms with E-state index in [1.165, 1.54) is 4.90 Å². The van der Waals surface area contributed by atoms with Crippen molar-refractivity contribution in [2.75, 3.05) is 7.11 Å². The number of carbonyl (C=O) groups is 3. The van der Waals surface area contributed by atoms with Crippen LogP contribution in [0.4, 0.5) is 0 Å². The second kappa shape index (κ2) is 7.97. The third kappa shape index (κ3) is 3.57. The topological polar surface area (TPSA) is 132 Å². The molecule has 0 aliphatic carbocycles. The smallest absolute Gasteiger partial charge is 0.255 e. The number of ether oxygens (including phenoxy) is 1. The summed E-state index contributed by atoms with van der Waals surface area (Å²) in [4.78, 5) is 46.9. The Bertz CT molecular complexity index is 1530. The molecule has 1 atom stereocenters. The number of rotatable bonds is 4. The maximum atomic E-state index is 12.9. The van der Waals surface area contributed by atoms with Crippen molar-refractivity contribution in [1.29, 1.82) is 0 Å². The van der Waals surface area contributed by atoms with Gasteiger partial charge in [0, 0.05) is 47.8 Å². The van der Waals surface area contributed by atoms with Crippen LogP contribution in [0.25, 0.3) is 27.8 Å². The predicted octanol–water partition coefficient (Wildman–Crippen LogP) is 1.65. The largest absolute Gasteiger partial charge is 0.481 e. The molecule has 35 heavy (non-hydrogen) atoms. The third-order valence-electron chi connectivity index (χ3n) is 6.31. The summed E-state index contributed by atoms with van der Waals surface area (Å²) in [7, 11) is 1.57. The van der Waals surface area contributed by atoms with Gasteiger partial charge < -0.3 is 9.64 Å². The molecule has 1 fully saturated rings. The summed E-state index contributed by atoms with van der Waals surface area (Å²) in [5.41, 5.74) is 3.30. The average Bonchev–Trinajstić information content (AvgIpc) is 3.48. The van der Waals surface area contributed by atoms with Crippen LogP contribution in [0.1, 0.15) is 28.8 Å². The lowest BCUT2D eigenvalue weighted by Crippen LogP contribution is -2.52. The fourth-order valence-corrected chi connectivity index (χ4v) is 4.48. The molecule has 1 saturated heterocycles. The van der Waals surface area contributed by atoms with Crippen molar-refractivity contribution in [2.24, 2.45) is 0 Å². The number of imide groups is 1. The minimum absolute atomic E-state index is 0.217. The van der Waals surface area contributed by atoms with Gasteiger partial charge in [-0.2, -0.15) is 0 Å². The number of aromatic nitrogens is 5. The Morgan fingerprint density at radius 3 is 2.69 bits per heavy atom. The van der Waals surface area contributed by atoms with E-state index in [4.69, 9.17) is 4.74 Å². The zero-order valence-electron chi connectivity index (χ0n) is 18.6. The molecule has 5 heterocycles. The Kier molecular flexibility index (Phi) is 4.76. The zero-order chi connectivity index (χ0) is 24.1. The number of fused-ring (bicyclic) bond motifs is 2. The van der Waals surface area contributed by atoms with Crippen LogP contribution in [-0.4, -0.2) is 60.7 Å². The number of nitrogens with one attached hydrogen (secondary N) is 1. The Hall–Kier alpha value is -4.67. The van der Waals surface area contributed by atoms with Crippen LogP contribution in [0.15, 0.2) is 48.9 Å². The summed E-state index contributed by atoms with van der Waals surface area (Å²) in [6.07, 6.45) is 5.76. The van der Waals surface area contributed by atoms with Gasteiger partial charge in [-0.3, -0.25) is 24.7 Å². The van der Waals surface area contributed by atoms with Gasteiger partial charge in [0.1, 0.15) is 11.7 Å². The third-order valence-corrected chi connectivity index (χ3v) is 6.31. The van der Waals surface area contributed by atoms with Gasteiger partial charge in [-0.1, -0.05) is 5.21 Å². The van der Waals surface area contributed by atoms with Crippen molar-refractivity contribution in [3.63, 3.8) is 0 Å². The highest BCUT2D eigenvalue weighted by Crippen LogP contribution is 2.29. The van der Waals surface area contributed by atoms with Gasteiger partial charge in [0.15, 0.2) is 0 Å². The molecule has 11 heteroatoms. The molecule has 0 saturated carbocycles. The van der Waals surface area contributed by atoms with Crippen LogP contribution >= 0.6 is 0 Å². The van der Waals surface area contributed by atoms with E-state index >= 15 is 0 Å². The van der Waals surface area contributed by atoms with Gasteiger partial charge >= 0.3 is 0 Å². The summed E-state index contributed by atoms with van der Waals surface area (Å²) in [6, 6.07) is 8.42. The van der Waals surface area contributed by atoms with Gasteiger partial charge in [0.05, 0.1) is 24.7 Å². The number of benzene rings is 1. The van der Waals surface area contributed by atoms with Gasteiger partial charge in [0.25, 0.3) is 5.91 Å². The number of carbonyl (C=O) groups excluding carboxylic acids is 3. The second-order valence-corrected chi connectivity index (χ2v) is 8.43. The average molecular weight is 469 g/mol. The van der Waals surface area contributed by atoms with Crippen molar-refractivity contribution < 1.29 is 19.1 Å². The second-order valence-electron chi connectivity index (χ2n) is 8.43. The number of piperidine rings is 1. The quantitative estimate of drug-likeness (QED) is 0.446. The first-order valence-corrected chi connectivity index (χ1v) is 11.0. The van der Waals surface area contributed by atoms with Crippen LogP contribution in [-0.2, 0) is 16.1 Å². The molecule has 2 aliphatic rings. The van der Waals surface area contributed by atoms with Gasteiger partial charge in [0.2, 0.25) is 17.7 Å². The molecule has 4 aromatic rings. The first-order valence-electron chi connectivity index (χ1n) is 11.0. The lowest BCUT2D eigenvalue weighted by atomic mass is 10.0. The number of hydrogen-bond donors (Lipinski definition) is 1. The van der Waals surface area contributed by atoms with Crippen LogP contribution in [0, 0.1) is 0 Å². The van der Waals surface area contributed by atoms with Gasteiger partial charge in [-0.05, 0) is 36.2 Å². The minimum Gasteiger partial charge on any atom is -0.481 e. The highest BCUT2D eigenvalue weighted by Gasteiger charge is 2.39. The monoisotopic (exact) mass is 469 g/mol. The number of pyridine rings is 2. The van der Waals surface area contributed by atoms with E-state index in [0.29, 0.717) is 35.8 Å². The number of methoxy groups -OCH3 is 1. The molecule has 1 aromatic carbocycles.